The molecule has 104 valence electrons. The molecule has 0 spiro atoms. The Labute approximate surface area is 126 Å². The Morgan fingerprint density at radius 2 is 1.70 bits per heavy atom. The van der Waals surface area contributed by atoms with Crippen molar-refractivity contribution >= 4 is 52.1 Å². The van der Waals surface area contributed by atoms with Gasteiger partial charge in [0.1, 0.15) is 4.88 Å². The number of hydrogen-bond donors (Lipinski definition) is 2. The lowest BCUT2D eigenvalue weighted by Gasteiger charge is -2.06. The molecular weight excluding hydrogens is 328 g/mol. The normalized spacial score (nSPS) is 10.3. The summed E-state index contributed by atoms with van der Waals surface area (Å²) in [5.41, 5.74) is 0.219. The lowest BCUT2D eigenvalue weighted by atomic mass is 10.3. The van der Waals surface area contributed by atoms with Crippen molar-refractivity contribution in [3.8, 4) is 0 Å². The van der Waals surface area contributed by atoms with Crippen LogP contribution in [0.2, 0.25) is 10.0 Å². The number of carboxylic acid groups (broad SMARTS) is 1. The van der Waals surface area contributed by atoms with Crippen molar-refractivity contribution in [2.24, 2.45) is 0 Å². The van der Waals surface area contributed by atoms with Gasteiger partial charge in [-0.1, -0.05) is 23.2 Å². The zero-order chi connectivity index (χ0) is 14.9. The summed E-state index contributed by atoms with van der Waals surface area (Å²) in [6.07, 6.45) is 0. The summed E-state index contributed by atoms with van der Waals surface area (Å²) in [6.45, 7) is 0. The third kappa shape index (κ3) is 3.09. The van der Waals surface area contributed by atoms with E-state index in [-0.39, 0.29) is 25.5 Å². The molecule has 0 aliphatic heterocycles. The van der Waals surface area contributed by atoms with Gasteiger partial charge in [0.05, 0.1) is 14.9 Å². The van der Waals surface area contributed by atoms with Gasteiger partial charge in [-0.3, -0.25) is 4.79 Å². The van der Waals surface area contributed by atoms with Crippen molar-refractivity contribution in [2.45, 2.75) is 0 Å². The molecule has 0 aliphatic rings. The Balaban J connectivity index is 2.21. The molecular formula is C12H6Cl2FNO3S. The van der Waals surface area contributed by atoms with E-state index in [1.54, 1.807) is 0 Å². The first-order valence-electron chi connectivity index (χ1n) is 5.17. The van der Waals surface area contributed by atoms with Gasteiger partial charge in [0.15, 0.2) is 5.82 Å². The van der Waals surface area contributed by atoms with Gasteiger partial charge in [-0.2, -0.15) is 0 Å². The number of nitrogens with one attached hydrogen (secondary N) is 1. The first-order valence-corrected chi connectivity index (χ1v) is 6.74. The lowest BCUT2D eigenvalue weighted by molar-refractivity contribution is 0.0702. The number of benzene rings is 1. The maximum atomic E-state index is 13.2. The molecule has 2 aromatic rings. The molecule has 8 heteroatoms. The third-order valence-corrected chi connectivity index (χ3v) is 3.90. The summed E-state index contributed by atoms with van der Waals surface area (Å²) >= 11 is 12.0. The maximum absolute atomic E-state index is 13.2. The largest absolute Gasteiger partial charge is 0.477 e. The number of amides is 1. The molecule has 4 nitrogen and oxygen atoms in total. The van der Waals surface area contributed by atoms with Crippen LogP contribution in [0.1, 0.15) is 19.3 Å². The molecule has 0 aliphatic carbocycles. The summed E-state index contributed by atoms with van der Waals surface area (Å²) < 4.78 is 13.2. The van der Waals surface area contributed by atoms with E-state index in [9.17, 15) is 14.0 Å². The summed E-state index contributed by atoms with van der Waals surface area (Å²) in [6, 6.07) is 5.14. The van der Waals surface area contributed by atoms with E-state index >= 15 is 0 Å². The van der Waals surface area contributed by atoms with Crippen LogP contribution in [0.15, 0.2) is 24.3 Å². The zero-order valence-electron chi connectivity index (χ0n) is 9.62. The standard InChI is InChI=1S/C12H6Cl2FNO3S/c13-6-3-5(4-7(14)10(6)15)16-11(17)8-1-2-9(20-8)12(18)19/h1-4H,(H,16,17)(H,18,19). The highest BCUT2D eigenvalue weighted by Gasteiger charge is 2.14. The Bertz CT molecular complexity index is 679. The molecule has 0 unspecified atom stereocenters. The molecule has 0 fully saturated rings. The molecule has 20 heavy (non-hydrogen) atoms. The minimum Gasteiger partial charge on any atom is -0.477 e. The average Bonchev–Trinajstić information content (AvgIpc) is 2.85. The third-order valence-electron chi connectivity index (χ3n) is 2.28. The number of thiophene rings is 1. The molecule has 1 aromatic carbocycles. The average molecular weight is 334 g/mol. The van der Waals surface area contributed by atoms with Gasteiger partial charge in [-0.15, -0.1) is 11.3 Å². The molecule has 2 N–H and O–H groups in total. The van der Waals surface area contributed by atoms with Gasteiger partial charge in [0.25, 0.3) is 5.91 Å². The fourth-order valence-electron chi connectivity index (χ4n) is 1.40. The van der Waals surface area contributed by atoms with Crippen LogP contribution in [0.25, 0.3) is 0 Å². The zero-order valence-corrected chi connectivity index (χ0v) is 11.9. The molecule has 1 amide bonds. The Morgan fingerprint density at radius 3 is 2.20 bits per heavy atom. The highest BCUT2D eigenvalue weighted by molar-refractivity contribution is 7.15. The molecule has 1 aromatic heterocycles. The first kappa shape index (κ1) is 14.8. The van der Waals surface area contributed by atoms with Crippen LogP contribution in [-0.2, 0) is 0 Å². The van der Waals surface area contributed by atoms with Crippen LogP contribution in [0.4, 0.5) is 10.1 Å². The number of carboxylic acids is 1. The van der Waals surface area contributed by atoms with E-state index in [2.05, 4.69) is 5.32 Å². The number of anilines is 1. The van der Waals surface area contributed by atoms with Crippen LogP contribution in [0.3, 0.4) is 0 Å². The predicted octanol–water partition coefficient (Wildman–Crippen LogP) is 4.14. The van der Waals surface area contributed by atoms with Crippen LogP contribution in [0.5, 0.6) is 0 Å². The maximum Gasteiger partial charge on any atom is 0.345 e. The molecule has 0 radical (unpaired) electrons. The fourth-order valence-corrected chi connectivity index (χ4v) is 2.62. The highest BCUT2D eigenvalue weighted by Crippen LogP contribution is 2.28. The number of hydrogen-bond acceptors (Lipinski definition) is 3. The molecule has 0 saturated carbocycles. The Kier molecular flexibility index (Phi) is 4.27. The number of rotatable bonds is 3. The van der Waals surface area contributed by atoms with Crippen molar-refractivity contribution in [3.05, 3.63) is 49.9 Å². The van der Waals surface area contributed by atoms with Gasteiger partial charge in [-0.05, 0) is 24.3 Å². The second kappa shape index (κ2) is 5.78. The number of halogens is 3. The number of carbonyl (C=O) groups excluding carboxylic acids is 1. The summed E-state index contributed by atoms with van der Waals surface area (Å²) in [5.74, 6) is -2.40. The smallest absolute Gasteiger partial charge is 0.345 e. The predicted molar refractivity (Wildman–Crippen MR) is 75.7 cm³/mol. The van der Waals surface area contributed by atoms with Crippen LogP contribution in [-0.4, -0.2) is 17.0 Å². The summed E-state index contributed by atoms with van der Waals surface area (Å²) in [4.78, 5) is 22.9. The van der Waals surface area contributed by atoms with Crippen LogP contribution in [0, 0.1) is 5.82 Å². The minimum atomic E-state index is -1.11. The molecule has 0 atom stereocenters. The van der Waals surface area contributed by atoms with Gasteiger partial charge in [-0.25, -0.2) is 9.18 Å². The Morgan fingerprint density at radius 1 is 1.15 bits per heavy atom. The number of carbonyl (C=O) groups is 2. The highest BCUT2D eigenvalue weighted by atomic mass is 35.5. The quantitative estimate of drug-likeness (QED) is 0.829. The van der Waals surface area contributed by atoms with E-state index in [0.717, 1.165) is 11.3 Å². The van der Waals surface area contributed by atoms with Crippen LogP contribution >= 0.6 is 34.5 Å². The van der Waals surface area contributed by atoms with Crippen molar-refractivity contribution in [3.63, 3.8) is 0 Å². The van der Waals surface area contributed by atoms with Crippen molar-refractivity contribution in [1.29, 1.82) is 0 Å². The van der Waals surface area contributed by atoms with Gasteiger partial charge >= 0.3 is 5.97 Å². The first-order chi connectivity index (χ1) is 9.38. The summed E-state index contributed by atoms with van der Waals surface area (Å²) in [5, 5.41) is 10.8. The molecule has 0 saturated heterocycles. The number of aromatic carboxylic acids is 1. The van der Waals surface area contributed by atoms with E-state index < -0.39 is 17.7 Å². The van der Waals surface area contributed by atoms with Crippen molar-refractivity contribution < 1.29 is 19.1 Å². The van der Waals surface area contributed by atoms with Gasteiger partial charge < -0.3 is 10.4 Å². The van der Waals surface area contributed by atoms with E-state index in [1.165, 1.54) is 24.3 Å². The van der Waals surface area contributed by atoms with Crippen molar-refractivity contribution in [2.75, 3.05) is 5.32 Å². The summed E-state index contributed by atoms with van der Waals surface area (Å²) in [7, 11) is 0. The van der Waals surface area contributed by atoms with E-state index in [0.29, 0.717) is 0 Å². The van der Waals surface area contributed by atoms with E-state index in [4.69, 9.17) is 28.3 Å². The van der Waals surface area contributed by atoms with Gasteiger partial charge in [0, 0.05) is 5.69 Å². The Hall–Kier alpha value is -1.63. The topological polar surface area (TPSA) is 66.4 Å². The molecule has 2 rings (SSSR count). The fraction of sp³-hybridized carbons (Fsp3) is 0. The monoisotopic (exact) mass is 333 g/mol. The van der Waals surface area contributed by atoms with Crippen LogP contribution < -0.4 is 5.32 Å². The minimum absolute atomic E-state index is 0.0466. The molecule has 1 heterocycles. The second-order valence-electron chi connectivity index (χ2n) is 3.68. The van der Waals surface area contributed by atoms with E-state index in [1.807, 2.05) is 0 Å². The molecule has 0 bridgehead atoms. The lowest BCUT2D eigenvalue weighted by Crippen LogP contribution is -2.10. The van der Waals surface area contributed by atoms with Gasteiger partial charge in [0.2, 0.25) is 0 Å². The second-order valence-corrected chi connectivity index (χ2v) is 5.58. The van der Waals surface area contributed by atoms with Crippen molar-refractivity contribution in [1.82, 2.24) is 0 Å². The SMILES string of the molecule is O=C(O)c1ccc(C(=O)Nc2cc(Cl)c(F)c(Cl)c2)s1.